The maximum absolute atomic E-state index is 9.75. The molecule has 0 unspecified atom stereocenters. The molecular formula is C35H25BF4S2. The molecule has 0 nitrogen and oxygen atoms in total. The van der Waals surface area contributed by atoms with Gasteiger partial charge in [-0.3, -0.25) is 0 Å². The van der Waals surface area contributed by atoms with Gasteiger partial charge in [0.25, 0.3) is 0 Å². The molecule has 1 aliphatic rings. The van der Waals surface area contributed by atoms with Crippen LogP contribution < -0.4 is 0 Å². The van der Waals surface area contributed by atoms with E-state index in [1.54, 1.807) is 0 Å². The summed E-state index contributed by atoms with van der Waals surface area (Å²) in [6.45, 7) is 0. The van der Waals surface area contributed by atoms with Crippen molar-refractivity contribution in [2.45, 2.75) is 0 Å². The van der Waals surface area contributed by atoms with Crippen LogP contribution in [-0.4, -0.2) is 7.25 Å². The van der Waals surface area contributed by atoms with Gasteiger partial charge in [0.05, 0.1) is 0 Å². The molecule has 5 aromatic rings. The zero-order valence-corrected chi connectivity index (χ0v) is 24.0. The van der Waals surface area contributed by atoms with E-state index < -0.39 is 7.25 Å². The van der Waals surface area contributed by atoms with E-state index in [0.717, 1.165) is 0 Å². The maximum atomic E-state index is 9.75. The molecule has 0 N–H and O–H groups in total. The second kappa shape index (κ2) is 13.6. The number of thioether (sulfide) groups is 1. The van der Waals surface area contributed by atoms with Crippen LogP contribution in [0, 0.1) is 0 Å². The van der Waals surface area contributed by atoms with Gasteiger partial charge in [-0.1, -0.05) is 109 Å². The summed E-state index contributed by atoms with van der Waals surface area (Å²) < 4.78 is 39.0. The molecule has 2 heterocycles. The highest BCUT2D eigenvalue weighted by atomic mass is 32.2. The minimum atomic E-state index is -6.00. The van der Waals surface area contributed by atoms with Crippen LogP contribution in [0.15, 0.2) is 151 Å². The number of benzene rings is 4. The van der Waals surface area contributed by atoms with Crippen molar-refractivity contribution in [1.29, 1.82) is 0 Å². The van der Waals surface area contributed by atoms with E-state index in [0.29, 0.717) is 0 Å². The molecule has 4 aromatic carbocycles. The van der Waals surface area contributed by atoms with Crippen LogP contribution in [0.25, 0.3) is 36.8 Å². The van der Waals surface area contributed by atoms with E-state index in [1.807, 2.05) is 23.1 Å². The Bertz CT molecular complexity index is 1590. The van der Waals surface area contributed by atoms with Crippen molar-refractivity contribution in [3.8, 4) is 20.9 Å². The molecule has 0 fully saturated rings. The first-order valence-corrected chi connectivity index (χ1v) is 14.9. The molecule has 6 rings (SSSR count). The van der Waals surface area contributed by atoms with Crippen LogP contribution >= 0.6 is 23.1 Å². The Balaban J connectivity index is 0.000000652. The topological polar surface area (TPSA) is 0 Å². The molecule has 42 heavy (non-hydrogen) atoms. The second-order valence-electron chi connectivity index (χ2n) is 9.34. The van der Waals surface area contributed by atoms with Crippen molar-refractivity contribution in [1.82, 2.24) is 0 Å². The molecule has 0 spiro atoms. The molecule has 1 aliphatic heterocycles. The molecule has 0 radical (unpaired) electrons. The predicted molar refractivity (Wildman–Crippen MR) is 174 cm³/mol. The number of halogens is 4. The van der Waals surface area contributed by atoms with Crippen molar-refractivity contribution < 1.29 is 17.3 Å². The van der Waals surface area contributed by atoms with Crippen molar-refractivity contribution >= 4 is 46.2 Å². The average Bonchev–Trinajstić information content (AvgIpc) is 3.02. The molecule has 0 bridgehead atoms. The summed E-state index contributed by atoms with van der Waals surface area (Å²) in [5, 5.41) is 0. The summed E-state index contributed by atoms with van der Waals surface area (Å²) in [5.41, 5.74) is 7.36. The smallest absolute Gasteiger partial charge is 0.418 e. The standard InChI is InChI=1S/C35H25S2.BF4/c1-5-13-28(14-6-1)32-22-26(23-33(36-32)29-15-7-2-8-16-29)21-27-24-34(30-17-9-3-10-18-30)37-35(25-27)31-19-11-4-12-20-31;2-1(3,4)5/h1-25H;/q+1;-1. The molecule has 1 aromatic heterocycles. The summed E-state index contributed by atoms with van der Waals surface area (Å²) in [4.78, 5) is 5.05. The van der Waals surface area contributed by atoms with Gasteiger partial charge in [0.2, 0.25) is 21.1 Å². The fourth-order valence-corrected chi connectivity index (χ4v) is 6.65. The van der Waals surface area contributed by atoms with Gasteiger partial charge in [0.15, 0.2) is 0 Å². The number of hydrogen-bond acceptors (Lipinski definition) is 1. The van der Waals surface area contributed by atoms with E-state index in [4.69, 9.17) is 0 Å². The maximum Gasteiger partial charge on any atom is 0.673 e. The largest absolute Gasteiger partial charge is 0.673 e. The average molecular weight is 597 g/mol. The minimum Gasteiger partial charge on any atom is -0.418 e. The highest BCUT2D eigenvalue weighted by Crippen LogP contribution is 2.44. The zero-order valence-electron chi connectivity index (χ0n) is 22.3. The Labute approximate surface area is 251 Å². The quantitative estimate of drug-likeness (QED) is 0.111. The Kier molecular flexibility index (Phi) is 9.52. The van der Waals surface area contributed by atoms with E-state index in [9.17, 15) is 17.3 Å². The zero-order chi connectivity index (χ0) is 29.4. The molecule has 0 aliphatic carbocycles. The van der Waals surface area contributed by atoms with Crippen LogP contribution in [-0.2, 0) is 0 Å². The molecule has 7 heteroatoms. The highest BCUT2D eigenvalue weighted by molar-refractivity contribution is 8.16. The van der Waals surface area contributed by atoms with Crippen molar-refractivity contribution in [3.05, 3.63) is 168 Å². The molecular weight excluding hydrogens is 571 g/mol. The van der Waals surface area contributed by atoms with E-state index in [2.05, 4.69) is 152 Å². The first-order valence-electron chi connectivity index (χ1n) is 13.2. The lowest BCUT2D eigenvalue weighted by Gasteiger charge is -2.17. The van der Waals surface area contributed by atoms with Gasteiger partial charge in [-0.15, -0.1) is 0 Å². The summed E-state index contributed by atoms with van der Waals surface area (Å²) in [6, 6.07) is 47.3. The summed E-state index contributed by atoms with van der Waals surface area (Å²) in [6.07, 6.45) is 6.94. The molecule has 0 amide bonds. The van der Waals surface area contributed by atoms with E-state index in [-0.39, 0.29) is 0 Å². The number of rotatable bonds is 5. The van der Waals surface area contributed by atoms with Crippen LogP contribution in [0.3, 0.4) is 0 Å². The predicted octanol–water partition coefficient (Wildman–Crippen LogP) is 11.9. The number of hydrogen-bond donors (Lipinski definition) is 0. The lowest BCUT2D eigenvalue weighted by atomic mass is 10.0. The monoisotopic (exact) mass is 596 g/mol. The molecule has 0 saturated carbocycles. The summed E-state index contributed by atoms with van der Waals surface area (Å²) in [5.74, 6) is 0. The van der Waals surface area contributed by atoms with Crippen LogP contribution in [0.4, 0.5) is 17.3 Å². The molecule has 208 valence electrons. The van der Waals surface area contributed by atoms with Gasteiger partial charge in [-0.2, -0.15) is 0 Å². The van der Waals surface area contributed by atoms with Crippen molar-refractivity contribution in [2.24, 2.45) is 0 Å². The Morgan fingerprint density at radius 2 is 0.833 bits per heavy atom. The van der Waals surface area contributed by atoms with E-state index in [1.165, 1.54) is 53.0 Å². The Morgan fingerprint density at radius 3 is 1.19 bits per heavy atom. The first-order chi connectivity index (χ1) is 20.3. The van der Waals surface area contributed by atoms with Gasteiger partial charge < -0.3 is 17.3 Å². The van der Waals surface area contributed by atoms with Gasteiger partial charge in [0, 0.05) is 33.1 Å². The normalized spacial score (nSPS) is 12.9. The highest BCUT2D eigenvalue weighted by Gasteiger charge is 2.21. The fourth-order valence-electron chi connectivity index (χ4n) is 4.38. The fraction of sp³-hybridized carbons (Fsp3) is 0. The summed E-state index contributed by atoms with van der Waals surface area (Å²) in [7, 11) is -6.00. The third-order valence-corrected chi connectivity index (χ3v) is 8.49. The first kappa shape index (κ1) is 29.3. The van der Waals surface area contributed by atoms with Crippen LogP contribution in [0.1, 0.15) is 16.7 Å². The summed E-state index contributed by atoms with van der Waals surface area (Å²) >= 11 is 3.67. The van der Waals surface area contributed by atoms with Gasteiger partial charge >= 0.3 is 7.25 Å². The second-order valence-corrected chi connectivity index (χ2v) is 11.5. The number of allylic oxidation sites excluding steroid dienone is 3. The van der Waals surface area contributed by atoms with E-state index >= 15 is 0 Å². The van der Waals surface area contributed by atoms with Crippen molar-refractivity contribution in [2.75, 3.05) is 0 Å². The third kappa shape index (κ3) is 8.41. The Hall–Kier alpha value is -4.20. The van der Waals surface area contributed by atoms with Gasteiger partial charge in [0.1, 0.15) is 0 Å². The van der Waals surface area contributed by atoms with Crippen molar-refractivity contribution in [3.63, 3.8) is 0 Å². The molecule has 0 atom stereocenters. The SMILES string of the molecule is C(=C1C=C(c2ccccc2)SC(c2ccccc2)=C1)c1cc(-c2ccccc2)[s+]c(-c2ccccc2)c1.F[B-](F)(F)F. The minimum absolute atomic E-state index is 1.20. The van der Waals surface area contributed by atoms with Crippen LogP contribution in [0.2, 0.25) is 0 Å². The third-order valence-electron chi connectivity index (χ3n) is 6.20. The van der Waals surface area contributed by atoms with Gasteiger partial charge in [-0.25, -0.2) is 0 Å². The lowest BCUT2D eigenvalue weighted by Crippen LogP contribution is -2.02. The van der Waals surface area contributed by atoms with Crippen LogP contribution in [0.5, 0.6) is 0 Å². The lowest BCUT2D eigenvalue weighted by molar-refractivity contribution is 0.368. The Morgan fingerprint density at radius 1 is 0.500 bits per heavy atom. The van der Waals surface area contributed by atoms with Gasteiger partial charge in [-0.05, 0) is 64.8 Å². The molecule has 0 saturated heterocycles.